The van der Waals surface area contributed by atoms with Crippen molar-refractivity contribution in [3.8, 4) is 5.75 Å². The minimum Gasteiger partial charge on any atom is -0.494 e. The second-order valence-corrected chi connectivity index (χ2v) is 4.17. The van der Waals surface area contributed by atoms with E-state index < -0.39 is 5.82 Å². The summed E-state index contributed by atoms with van der Waals surface area (Å²) in [5.74, 6) is -0.283. The lowest BCUT2D eigenvalue weighted by Gasteiger charge is -2.11. The molecule has 0 aromatic heterocycles. The van der Waals surface area contributed by atoms with E-state index in [4.69, 9.17) is 10.5 Å². The van der Waals surface area contributed by atoms with E-state index in [1.807, 2.05) is 6.92 Å². The predicted molar refractivity (Wildman–Crippen MR) is 67.9 cm³/mol. The molecule has 1 amide bonds. The van der Waals surface area contributed by atoms with E-state index in [-0.39, 0.29) is 17.7 Å². The van der Waals surface area contributed by atoms with Gasteiger partial charge in [-0.25, -0.2) is 4.39 Å². The molecule has 0 saturated carbocycles. The number of halogens is 1. The lowest BCUT2D eigenvalue weighted by atomic mass is 10.1. The first kappa shape index (κ1) is 14.4. The molecule has 0 unspecified atom stereocenters. The van der Waals surface area contributed by atoms with Gasteiger partial charge in [-0.3, -0.25) is 4.79 Å². The fourth-order valence-electron chi connectivity index (χ4n) is 1.53. The van der Waals surface area contributed by atoms with Crippen molar-refractivity contribution in [2.24, 2.45) is 5.73 Å². The van der Waals surface area contributed by atoms with Gasteiger partial charge in [-0.2, -0.15) is 0 Å². The van der Waals surface area contributed by atoms with Crippen molar-refractivity contribution in [3.05, 3.63) is 29.6 Å². The first-order chi connectivity index (χ1) is 8.56. The molecular formula is C13H19FN2O2. The van der Waals surface area contributed by atoms with Crippen LogP contribution in [0.15, 0.2) is 18.2 Å². The number of benzene rings is 1. The Bertz CT molecular complexity index is 410. The number of aryl methyl sites for hydroxylation is 1. The third-order valence-electron chi connectivity index (χ3n) is 2.62. The van der Waals surface area contributed by atoms with E-state index in [9.17, 15) is 9.18 Å². The molecule has 0 radical (unpaired) electrons. The van der Waals surface area contributed by atoms with Crippen molar-refractivity contribution in [3.63, 3.8) is 0 Å². The first-order valence-electron chi connectivity index (χ1n) is 5.88. The number of ether oxygens (including phenoxy) is 1. The summed E-state index contributed by atoms with van der Waals surface area (Å²) in [5, 5.41) is 2.75. The molecule has 18 heavy (non-hydrogen) atoms. The van der Waals surface area contributed by atoms with Crippen molar-refractivity contribution in [1.29, 1.82) is 0 Å². The molecule has 0 aliphatic heterocycles. The zero-order chi connectivity index (χ0) is 13.5. The third-order valence-corrected chi connectivity index (χ3v) is 2.62. The number of carbonyl (C=O) groups is 1. The minimum atomic E-state index is -0.411. The van der Waals surface area contributed by atoms with Crippen LogP contribution in [0.5, 0.6) is 5.75 Å². The predicted octanol–water partition coefficient (Wildman–Crippen LogP) is 1.23. The van der Waals surface area contributed by atoms with Crippen molar-refractivity contribution in [2.45, 2.75) is 25.8 Å². The second kappa shape index (κ2) is 6.96. The summed E-state index contributed by atoms with van der Waals surface area (Å²) >= 11 is 0. The number of rotatable bonds is 6. The molecule has 0 bridgehead atoms. The number of methoxy groups -OCH3 is 1. The molecule has 0 heterocycles. The Morgan fingerprint density at radius 1 is 1.56 bits per heavy atom. The maximum Gasteiger partial charge on any atom is 0.220 e. The molecular weight excluding hydrogens is 235 g/mol. The van der Waals surface area contributed by atoms with Gasteiger partial charge in [-0.15, -0.1) is 0 Å². The highest BCUT2D eigenvalue weighted by molar-refractivity contribution is 5.76. The maximum absolute atomic E-state index is 13.4. The van der Waals surface area contributed by atoms with Gasteiger partial charge in [-0.1, -0.05) is 6.07 Å². The normalized spacial score (nSPS) is 12.0. The molecule has 3 N–H and O–H groups in total. The summed E-state index contributed by atoms with van der Waals surface area (Å²) in [7, 11) is 1.42. The van der Waals surface area contributed by atoms with E-state index >= 15 is 0 Å². The van der Waals surface area contributed by atoms with Crippen molar-refractivity contribution >= 4 is 5.91 Å². The molecule has 0 fully saturated rings. The van der Waals surface area contributed by atoms with E-state index in [2.05, 4.69) is 5.32 Å². The van der Waals surface area contributed by atoms with Gasteiger partial charge < -0.3 is 15.8 Å². The van der Waals surface area contributed by atoms with Gasteiger partial charge in [0.05, 0.1) is 7.11 Å². The number of hydrogen-bond acceptors (Lipinski definition) is 3. The van der Waals surface area contributed by atoms with Gasteiger partial charge in [-0.05, 0) is 31.0 Å². The van der Waals surface area contributed by atoms with Crippen LogP contribution in [0.2, 0.25) is 0 Å². The van der Waals surface area contributed by atoms with Gasteiger partial charge in [0, 0.05) is 19.0 Å². The fourth-order valence-corrected chi connectivity index (χ4v) is 1.53. The zero-order valence-corrected chi connectivity index (χ0v) is 10.7. The maximum atomic E-state index is 13.4. The molecule has 0 saturated heterocycles. The van der Waals surface area contributed by atoms with Gasteiger partial charge in [0.25, 0.3) is 0 Å². The molecule has 1 aromatic rings. The molecule has 1 aromatic carbocycles. The highest BCUT2D eigenvalue weighted by Gasteiger charge is 2.08. The molecule has 1 rings (SSSR count). The summed E-state index contributed by atoms with van der Waals surface area (Å²) in [4.78, 5) is 11.5. The molecule has 0 spiro atoms. The Balaban J connectivity index is 2.48. The number of nitrogens with one attached hydrogen (secondary N) is 1. The van der Waals surface area contributed by atoms with Gasteiger partial charge in [0.15, 0.2) is 11.6 Å². The van der Waals surface area contributed by atoms with Crippen molar-refractivity contribution in [1.82, 2.24) is 5.32 Å². The van der Waals surface area contributed by atoms with Crippen LogP contribution in [0.3, 0.4) is 0 Å². The van der Waals surface area contributed by atoms with Crippen LogP contribution >= 0.6 is 0 Å². The quantitative estimate of drug-likeness (QED) is 0.802. The first-order valence-corrected chi connectivity index (χ1v) is 5.88. The molecule has 5 heteroatoms. The van der Waals surface area contributed by atoms with Crippen LogP contribution in [0.4, 0.5) is 4.39 Å². The SMILES string of the molecule is COc1ccc(CCC(=O)N[C@@H](C)CN)cc1F. The zero-order valence-electron chi connectivity index (χ0n) is 10.7. The summed E-state index contributed by atoms with van der Waals surface area (Å²) < 4.78 is 18.2. The van der Waals surface area contributed by atoms with Gasteiger partial charge in [0.1, 0.15) is 0 Å². The Hall–Kier alpha value is -1.62. The Morgan fingerprint density at radius 3 is 2.83 bits per heavy atom. The van der Waals surface area contributed by atoms with E-state index in [1.165, 1.54) is 13.2 Å². The van der Waals surface area contributed by atoms with Crippen LogP contribution in [-0.2, 0) is 11.2 Å². The van der Waals surface area contributed by atoms with Crippen LogP contribution < -0.4 is 15.8 Å². The average molecular weight is 254 g/mol. The number of carbonyl (C=O) groups excluding carboxylic acids is 1. The van der Waals surface area contributed by atoms with Crippen LogP contribution in [-0.4, -0.2) is 25.6 Å². The summed E-state index contributed by atoms with van der Waals surface area (Å²) in [6.07, 6.45) is 0.806. The summed E-state index contributed by atoms with van der Waals surface area (Å²) in [6, 6.07) is 4.66. The largest absolute Gasteiger partial charge is 0.494 e. The van der Waals surface area contributed by atoms with Crippen molar-refractivity contribution < 1.29 is 13.9 Å². The summed E-state index contributed by atoms with van der Waals surface area (Å²) in [5.41, 5.74) is 6.17. The fraction of sp³-hybridized carbons (Fsp3) is 0.462. The van der Waals surface area contributed by atoms with E-state index in [0.717, 1.165) is 5.56 Å². The van der Waals surface area contributed by atoms with Crippen LogP contribution in [0, 0.1) is 5.82 Å². The highest BCUT2D eigenvalue weighted by atomic mass is 19.1. The number of hydrogen-bond donors (Lipinski definition) is 2. The second-order valence-electron chi connectivity index (χ2n) is 4.17. The van der Waals surface area contributed by atoms with Gasteiger partial charge >= 0.3 is 0 Å². The number of amides is 1. The Kier molecular flexibility index (Phi) is 5.58. The van der Waals surface area contributed by atoms with Crippen LogP contribution in [0.25, 0.3) is 0 Å². The molecule has 0 aliphatic rings. The topological polar surface area (TPSA) is 64.3 Å². The smallest absolute Gasteiger partial charge is 0.220 e. The number of nitrogens with two attached hydrogens (primary N) is 1. The minimum absolute atomic E-state index is 0.0369. The Morgan fingerprint density at radius 2 is 2.28 bits per heavy atom. The van der Waals surface area contributed by atoms with E-state index in [1.54, 1.807) is 12.1 Å². The standard InChI is InChI=1S/C13H19FN2O2/c1-9(8-15)16-13(17)6-4-10-3-5-12(18-2)11(14)7-10/h3,5,7,9H,4,6,8,15H2,1-2H3,(H,16,17)/t9-/m0/s1. The lowest BCUT2D eigenvalue weighted by molar-refractivity contribution is -0.121. The van der Waals surface area contributed by atoms with Crippen LogP contribution in [0.1, 0.15) is 18.9 Å². The lowest BCUT2D eigenvalue weighted by Crippen LogP contribution is -2.37. The monoisotopic (exact) mass is 254 g/mol. The Labute approximate surface area is 106 Å². The third kappa shape index (κ3) is 4.33. The molecule has 4 nitrogen and oxygen atoms in total. The van der Waals surface area contributed by atoms with Crippen molar-refractivity contribution in [2.75, 3.05) is 13.7 Å². The summed E-state index contributed by atoms with van der Waals surface area (Å²) in [6.45, 7) is 2.24. The van der Waals surface area contributed by atoms with E-state index in [0.29, 0.717) is 19.4 Å². The molecule has 100 valence electrons. The van der Waals surface area contributed by atoms with Gasteiger partial charge in [0.2, 0.25) is 5.91 Å². The average Bonchev–Trinajstić information content (AvgIpc) is 2.36. The highest BCUT2D eigenvalue weighted by Crippen LogP contribution is 2.18. The molecule has 0 aliphatic carbocycles. The molecule has 1 atom stereocenters.